The minimum absolute atomic E-state index is 0. The molecule has 0 aromatic carbocycles. The molecule has 0 radical (unpaired) electrons. The molecule has 3 aromatic heterocycles. The number of hydrogen-bond donors (Lipinski definition) is 2. The molecule has 10 nitrogen and oxygen atoms in total. The van der Waals surface area contributed by atoms with E-state index < -0.39 is 0 Å². The summed E-state index contributed by atoms with van der Waals surface area (Å²) in [4.78, 5) is 31.1. The number of pyridine rings is 1. The zero-order valence-corrected chi connectivity index (χ0v) is 19.9. The second-order valence-electron chi connectivity index (χ2n) is 8.58. The number of thiazole rings is 1. The van der Waals surface area contributed by atoms with E-state index >= 15 is 0 Å². The highest BCUT2D eigenvalue weighted by molar-refractivity contribution is 7.59. The first kappa shape index (κ1) is 22.4. The van der Waals surface area contributed by atoms with Crippen LogP contribution in [-0.4, -0.2) is 66.3 Å². The highest BCUT2D eigenvalue weighted by Gasteiger charge is 2.30. The highest BCUT2D eigenvalue weighted by atomic mass is 32.1. The molecular formula is C21H27N7O3S2. The normalized spacial score (nSPS) is 20.8. The van der Waals surface area contributed by atoms with Crippen molar-refractivity contribution in [2.45, 2.75) is 31.2 Å². The molecule has 176 valence electrons. The lowest BCUT2D eigenvalue weighted by Crippen LogP contribution is -2.36. The molecule has 12 heteroatoms. The van der Waals surface area contributed by atoms with E-state index in [0.717, 1.165) is 65.8 Å². The van der Waals surface area contributed by atoms with Gasteiger partial charge in [-0.3, -0.25) is 4.79 Å². The van der Waals surface area contributed by atoms with E-state index in [1.807, 2.05) is 11.0 Å². The van der Waals surface area contributed by atoms with E-state index in [2.05, 4.69) is 15.2 Å². The van der Waals surface area contributed by atoms with Crippen LogP contribution in [0.4, 0.5) is 16.8 Å². The predicted octanol–water partition coefficient (Wildman–Crippen LogP) is 2.30. The van der Waals surface area contributed by atoms with Gasteiger partial charge in [0.15, 0.2) is 16.5 Å². The number of anilines is 3. The van der Waals surface area contributed by atoms with Crippen molar-refractivity contribution in [3.8, 4) is 0 Å². The topological polar surface area (TPSA) is 123 Å². The smallest absolute Gasteiger partial charge is 0.298 e. The number of rotatable bonds is 5. The van der Waals surface area contributed by atoms with E-state index in [-0.39, 0.29) is 31.1 Å². The maximum absolute atomic E-state index is 13.0. The number of aromatic nitrogens is 3. The summed E-state index contributed by atoms with van der Waals surface area (Å²) < 4.78 is 11.9. The first-order valence-corrected chi connectivity index (χ1v) is 11.9. The lowest BCUT2D eigenvalue weighted by molar-refractivity contribution is 0.102. The Morgan fingerprint density at radius 1 is 1.12 bits per heavy atom. The molecule has 1 aliphatic carbocycles. The Hall–Kier alpha value is -2.41. The highest BCUT2D eigenvalue weighted by Crippen LogP contribution is 2.44. The standard InChI is InChI=1S/C21H25N7O3S.H2S/c22-13-3-4-28(10-13)20-24-15(11-31-20)19(29)23-14-9-16-18(25-17(14)12-1-2-12)26-21(32-16)27-5-7-30-8-6-27;/h9,11-13H,1-8,10,22H2,(H,23,29);1H2/t13-;/m0./s1. The number of oxazole rings is 1. The van der Waals surface area contributed by atoms with E-state index in [0.29, 0.717) is 31.7 Å². The molecule has 1 saturated carbocycles. The third-order valence-electron chi connectivity index (χ3n) is 6.11. The van der Waals surface area contributed by atoms with Gasteiger partial charge in [0.05, 0.1) is 29.3 Å². The van der Waals surface area contributed by atoms with Gasteiger partial charge in [-0.15, -0.1) is 0 Å². The molecule has 2 aliphatic heterocycles. The van der Waals surface area contributed by atoms with Crippen molar-refractivity contribution in [1.82, 2.24) is 15.0 Å². The Balaban J connectivity index is 0.00000228. The van der Waals surface area contributed by atoms with Gasteiger partial charge in [0, 0.05) is 38.1 Å². The van der Waals surface area contributed by atoms with Crippen LogP contribution in [0.25, 0.3) is 10.3 Å². The number of carbonyl (C=O) groups excluding carboxylic acids is 1. The van der Waals surface area contributed by atoms with Gasteiger partial charge in [0.1, 0.15) is 6.26 Å². The van der Waals surface area contributed by atoms with Crippen molar-refractivity contribution in [1.29, 1.82) is 0 Å². The molecule has 3 aromatic rings. The maximum Gasteiger partial charge on any atom is 0.298 e. The van der Waals surface area contributed by atoms with Gasteiger partial charge < -0.3 is 30.0 Å². The summed E-state index contributed by atoms with van der Waals surface area (Å²) in [5.41, 5.74) is 8.59. The summed E-state index contributed by atoms with van der Waals surface area (Å²) >= 11 is 1.60. The summed E-state index contributed by atoms with van der Waals surface area (Å²) in [7, 11) is 0. The molecule has 0 spiro atoms. The monoisotopic (exact) mass is 489 g/mol. The largest absolute Gasteiger partial charge is 0.431 e. The Labute approximate surface area is 202 Å². The summed E-state index contributed by atoms with van der Waals surface area (Å²) in [6.45, 7) is 4.55. The summed E-state index contributed by atoms with van der Waals surface area (Å²) in [6.07, 6.45) is 4.44. The van der Waals surface area contributed by atoms with Crippen LogP contribution in [0.5, 0.6) is 0 Å². The van der Waals surface area contributed by atoms with Gasteiger partial charge in [-0.05, 0) is 25.3 Å². The molecule has 3 fully saturated rings. The fourth-order valence-corrected chi connectivity index (χ4v) is 5.18. The molecule has 3 aliphatic rings. The average molecular weight is 490 g/mol. The summed E-state index contributed by atoms with van der Waals surface area (Å²) in [5.74, 6) is 0.0617. The lowest BCUT2D eigenvalue weighted by Gasteiger charge is -2.25. The van der Waals surface area contributed by atoms with Crippen molar-refractivity contribution in [2.24, 2.45) is 5.73 Å². The average Bonchev–Trinajstić information content (AvgIpc) is 3.19. The Morgan fingerprint density at radius 2 is 1.94 bits per heavy atom. The quantitative estimate of drug-likeness (QED) is 0.556. The van der Waals surface area contributed by atoms with E-state index in [1.54, 1.807) is 11.3 Å². The second-order valence-corrected chi connectivity index (χ2v) is 9.59. The molecule has 3 N–H and O–H groups in total. The third-order valence-corrected chi connectivity index (χ3v) is 7.17. The van der Waals surface area contributed by atoms with Crippen LogP contribution in [0.1, 0.15) is 41.4 Å². The van der Waals surface area contributed by atoms with Crippen LogP contribution in [0.2, 0.25) is 0 Å². The van der Waals surface area contributed by atoms with Crippen molar-refractivity contribution >= 4 is 57.9 Å². The number of ether oxygens (including phenoxy) is 1. The molecule has 5 heterocycles. The zero-order chi connectivity index (χ0) is 21.7. The summed E-state index contributed by atoms with van der Waals surface area (Å²) in [6, 6.07) is 2.55. The third kappa shape index (κ3) is 4.52. The number of amides is 1. The first-order chi connectivity index (χ1) is 15.6. The van der Waals surface area contributed by atoms with Crippen LogP contribution in [-0.2, 0) is 4.74 Å². The van der Waals surface area contributed by atoms with Gasteiger partial charge in [0.25, 0.3) is 11.9 Å². The van der Waals surface area contributed by atoms with Crippen LogP contribution >= 0.6 is 24.8 Å². The SMILES string of the molecule is N[C@H]1CCN(c2nc(C(=O)Nc3cc4sc(N5CCOCC5)nc4nc3C3CC3)co2)C1.S. The molecule has 33 heavy (non-hydrogen) atoms. The first-order valence-electron chi connectivity index (χ1n) is 11.1. The van der Waals surface area contributed by atoms with Gasteiger partial charge in [-0.1, -0.05) is 11.3 Å². The number of nitrogens with one attached hydrogen (secondary N) is 1. The molecule has 6 rings (SSSR count). The van der Waals surface area contributed by atoms with Gasteiger partial charge in [-0.2, -0.15) is 23.5 Å². The van der Waals surface area contributed by atoms with Crippen molar-refractivity contribution in [2.75, 3.05) is 54.5 Å². The molecule has 0 bridgehead atoms. The number of carbonyl (C=O) groups is 1. The van der Waals surface area contributed by atoms with E-state index in [1.165, 1.54) is 6.26 Å². The Morgan fingerprint density at radius 3 is 2.67 bits per heavy atom. The Kier molecular flexibility index (Phi) is 6.16. The van der Waals surface area contributed by atoms with Crippen molar-refractivity contribution < 1.29 is 13.9 Å². The van der Waals surface area contributed by atoms with Gasteiger partial charge >= 0.3 is 0 Å². The summed E-state index contributed by atoms with van der Waals surface area (Å²) in [5, 5.41) is 3.97. The number of morpholine rings is 1. The lowest BCUT2D eigenvalue weighted by atomic mass is 10.2. The number of nitrogens with zero attached hydrogens (tertiary/aromatic N) is 5. The van der Waals surface area contributed by atoms with Crippen molar-refractivity contribution in [3.05, 3.63) is 23.7 Å². The van der Waals surface area contributed by atoms with Crippen LogP contribution in [0, 0.1) is 0 Å². The van der Waals surface area contributed by atoms with Crippen molar-refractivity contribution in [3.63, 3.8) is 0 Å². The van der Waals surface area contributed by atoms with Crippen LogP contribution < -0.4 is 20.9 Å². The Bertz CT molecular complexity index is 1160. The predicted molar refractivity (Wildman–Crippen MR) is 132 cm³/mol. The van der Waals surface area contributed by atoms with Gasteiger partial charge in [-0.25, -0.2) is 4.98 Å². The minimum Gasteiger partial charge on any atom is -0.431 e. The van der Waals surface area contributed by atoms with E-state index in [9.17, 15) is 4.79 Å². The molecule has 1 atom stereocenters. The fraction of sp³-hybridized carbons (Fsp3) is 0.524. The zero-order valence-electron chi connectivity index (χ0n) is 18.1. The molecule has 0 unspecified atom stereocenters. The van der Waals surface area contributed by atoms with E-state index in [4.69, 9.17) is 24.9 Å². The van der Waals surface area contributed by atoms with Gasteiger partial charge in [0.2, 0.25) is 0 Å². The number of fused-ring (bicyclic) bond motifs is 1. The molecule has 1 amide bonds. The number of nitrogens with two attached hydrogens (primary N) is 1. The maximum atomic E-state index is 13.0. The minimum atomic E-state index is -0.301. The second kappa shape index (κ2) is 9.09. The van der Waals surface area contributed by atoms with Crippen LogP contribution in [0.3, 0.4) is 0 Å². The molecule has 2 saturated heterocycles. The van der Waals surface area contributed by atoms with Crippen LogP contribution in [0.15, 0.2) is 16.7 Å². The molecular weight excluding hydrogens is 462 g/mol. The number of hydrogen-bond acceptors (Lipinski definition) is 10. The fourth-order valence-electron chi connectivity index (χ4n) is 4.19.